The van der Waals surface area contributed by atoms with Crippen molar-refractivity contribution in [3.05, 3.63) is 71.4 Å². The molecule has 7 nitrogen and oxygen atoms in total. The second-order valence-corrected chi connectivity index (χ2v) is 9.56. The Hall–Kier alpha value is -3.45. The van der Waals surface area contributed by atoms with Gasteiger partial charge in [-0.05, 0) is 30.5 Å². The minimum Gasteiger partial charge on any atom is -0.497 e. The van der Waals surface area contributed by atoms with Crippen molar-refractivity contribution in [3.8, 4) is 17.1 Å². The van der Waals surface area contributed by atoms with E-state index in [9.17, 15) is 4.79 Å². The number of hydrogen-bond donors (Lipinski definition) is 0. The van der Waals surface area contributed by atoms with E-state index in [0.29, 0.717) is 24.8 Å². The van der Waals surface area contributed by atoms with Crippen LogP contribution in [0.1, 0.15) is 36.1 Å². The summed E-state index contributed by atoms with van der Waals surface area (Å²) in [6.07, 6.45) is 3.94. The topological polar surface area (TPSA) is 67.8 Å². The molecule has 3 aromatic rings. The van der Waals surface area contributed by atoms with Crippen molar-refractivity contribution in [1.82, 2.24) is 14.9 Å². The number of amides is 1. The summed E-state index contributed by atoms with van der Waals surface area (Å²) < 4.78 is 10.9. The lowest BCUT2D eigenvalue weighted by Crippen LogP contribution is -2.51. The Morgan fingerprint density at radius 2 is 1.67 bits per heavy atom. The molecule has 36 heavy (non-hydrogen) atoms. The third-order valence-corrected chi connectivity index (χ3v) is 7.27. The zero-order valence-electron chi connectivity index (χ0n) is 21.2. The van der Waals surface area contributed by atoms with E-state index in [4.69, 9.17) is 19.4 Å². The van der Waals surface area contributed by atoms with Crippen molar-refractivity contribution >= 4 is 11.7 Å². The molecule has 1 saturated carbocycles. The van der Waals surface area contributed by atoms with Gasteiger partial charge >= 0.3 is 0 Å². The summed E-state index contributed by atoms with van der Waals surface area (Å²) in [6.45, 7) is 3.36. The lowest BCUT2D eigenvalue weighted by molar-refractivity contribution is -0.138. The number of piperazine rings is 1. The molecule has 0 N–H and O–H groups in total. The van der Waals surface area contributed by atoms with Crippen LogP contribution in [0, 0.1) is 5.92 Å². The molecule has 1 amide bonds. The Kier molecular flexibility index (Phi) is 7.47. The molecule has 0 atom stereocenters. The van der Waals surface area contributed by atoms with Crippen LogP contribution >= 0.6 is 0 Å². The summed E-state index contributed by atoms with van der Waals surface area (Å²) in [5.41, 5.74) is 4.10. The van der Waals surface area contributed by atoms with Crippen LogP contribution in [-0.2, 0) is 22.6 Å². The van der Waals surface area contributed by atoms with E-state index in [1.165, 1.54) is 6.42 Å². The molecule has 7 heteroatoms. The number of nitrogens with zero attached hydrogens (tertiary/aromatic N) is 4. The molecule has 2 aliphatic rings. The van der Waals surface area contributed by atoms with Crippen LogP contribution in [0.15, 0.2) is 54.6 Å². The molecule has 2 aromatic carbocycles. The molecular weight excluding hydrogens is 452 g/mol. The first-order chi connectivity index (χ1) is 17.7. The highest BCUT2D eigenvalue weighted by Gasteiger charge is 2.32. The van der Waals surface area contributed by atoms with Gasteiger partial charge < -0.3 is 19.3 Å². The number of hydrogen-bond acceptors (Lipinski definition) is 6. The van der Waals surface area contributed by atoms with E-state index in [0.717, 1.165) is 73.0 Å². The summed E-state index contributed by atoms with van der Waals surface area (Å²) in [7, 11) is 3.38. The average molecular weight is 487 g/mol. The third-order valence-electron chi connectivity index (χ3n) is 7.27. The van der Waals surface area contributed by atoms with Gasteiger partial charge in [-0.25, -0.2) is 9.97 Å². The van der Waals surface area contributed by atoms with Gasteiger partial charge in [-0.1, -0.05) is 48.9 Å². The van der Waals surface area contributed by atoms with Gasteiger partial charge in [0.05, 0.1) is 19.4 Å². The van der Waals surface area contributed by atoms with Crippen LogP contribution in [0.5, 0.6) is 5.75 Å². The number of rotatable bonds is 8. The smallest absolute Gasteiger partial charge is 0.225 e. The van der Waals surface area contributed by atoms with Crippen molar-refractivity contribution in [1.29, 1.82) is 0 Å². The fourth-order valence-electron chi connectivity index (χ4n) is 4.93. The van der Waals surface area contributed by atoms with Gasteiger partial charge in [-0.15, -0.1) is 0 Å². The minimum atomic E-state index is 0.235. The quantitative estimate of drug-likeness (QED) is 0.472. The van der Waals surface area contributed by atoms with Crippen LogP contribution in [0.3, 0.4) is 0 Å². The zero-order chi connectivity index (χ0) is 24.9. The molecule has 0 unspecified atom stereocenters. The summed E-state index contributed by atoms with van der Waals surface area (Å²) >= 11 is 0. The molecule has 1 aromatic heterocycles. The highest BCUT2D eigenvalue weighted by Crippen LogP contribution is 2.31. The molecule has 1 aliphatic carbocycles. The van der Waals surface area contributed by atoms with Crippen LogP contribution in [-0.4, -0.2) is 61.2 Å². The number of carbonyl (C=O) groups excluding carboxylic acids is 1. The predicted molar refractivity (Wildman–Crippen MR) is 140 cm³/mol. The standard InChI is InChI=1S/C29H34N4O3/c1-35-20-26-25(19-21-11-13-24(36-2)14-12-21)28(31-27(30-26)22-7-4-3-5-8-22)32-15-17-33(18-16-32)29(34)23-9-6-10-23/h3-5,7-8,11-14,23H,6,9-10,15-20H2,1-2H3. The van der Waals surface area contributed by atoms with Crippen molar-refractivity contribution < 1.29 is 14.3 Å². The first-order valence-corrected chi connectivity index (χ1v) is 12.8. The van der Waals surface area contributed by atoms with Crippen LogP contribution in [0.2, 0.25) is 0 Å². The lowest BCUT2D eigenvalue weighted by atomic mass is 9.84. The van der Waals surface area contributed by atoms with Gasteiger partial charge in [-0.3, -0.25) is 4.79 Å². The number of aromatic nitrogens is 2. The lowest BCUT2D eigenvalue weighted by Gasteiger charge is -2.39. The monoisotopic (exact) mass is 486 g/mol. The maximum Gasteiger partial charge on any atom is 0.225 e. The molecule has 0 radical (unpaired) electrons. The fourth-order valence-corrected chi connectivity index (χ4v) is 4.93. The molecule has 0 bridgehead atoms. The Labute approximate surface area is 213 Å². The van der Waals surface area contributed by atoms with Gasteiger partial charge in [0.15, 0.2) is 5.82 Å². The SMILES string of the molecule is COCc1nc(-c2ccccc2)nc(N2CCN(C(=O)C3CCC3)CC2)c1Cc1ccc(OC)cc1. The number of methoxy groups -OCH3 is 2. The van der Waals surface area contributed by atoms with Crippen molar-refractivity contribution in [2.24, 2.45) is 5.92 Å². The first kappa shape index (κ1) is 24.3. The molecule has 5 rings (SSSR count). The summed E-state index contributed by atoms with van der Waals surface area (Å²) in [5.74, 6) is 3.02. The zero-order valence-corrected chi connectivity index (χ0v) is 21.2. The normalized spacial score (nSPS) is 16.1. The van der Waals surface area contributed by atoms with Crippen LogP contribution < -0.4 is 9.64 Å². The maximum absolute atomic E-state index is 12.8. The summed E-state index contributed by atoms with van der Waals surface area (Å²) in [6, 6.07) is 18.2. The second kappa shape index (κ2) is 11.1. The number of carbonyl (C=O) groups is 1. The van der Waals surface area contributed by atoms with Crippen molar-refractivity contribution in [2.45, 2.75) is 32.3 Å². The van der Waals surface area contributed by atoms with Crippen molar-refractivity contribution in [2.75, 3.05) is 45.3 Å². The molecular formula is C29H34N4O3. The van der Waals surface area contributed by atoms with Crippen LogP contribution in [0.4, 0.5) is 5.82 Å². The van der Waals surface area contributed by atoms with Gasteiger partial charge in [-0.2, -0.15) is 0 Å². The van der Waals surface area contributed by atoms with Gasteiger partial charge in [0.1, 0.15) is 11.6 Å². The average Bonchev–Trinajstić information content (AvgIpc) is 2.89. The highest BCUT2D eigenvalue weighted by molar-refractivity contribution is 5.80. The molecule has 0 spiro atoms. The van der Waals surface area contributed by atoms with E-state index in [2.05, 4.69) is 17.0 Å². The first-order valence-electron chi connectivity index (χ1n) is 12.8. The highest BCUT2D eigenvalue weighted by atomic mass is 16.5. The summed E-state index contributed by atoms with van der Waals surface area (Å²) in [4.78, 5) is 27.2. The van der Waals surface area contributed by atoms with Gasteiger partial charge in [0.2, 0.25) is 5.91 Å². The van der Waals surface area contributed by atoms with E-state index in [1.54, 1.807) is 14.2 Å². The Morgan fingerprint density at radius 1 is 0.944 bits per heavy atom. The third kappa shape index (κ3) is 5.21. The van der Waals surface area contributed by atoms with Gasteiger partial charge in [0.25, 0.3) is 0 Å². The Bertz CT molecular complexity index is 1170. The van der Waals surface area contributed by atoms with Gasteiger partial charge in [0, 0.05) is 56.8 Å². The molecule has 2 heterocycles. The summed E-state index contributed by atoms with van der Waals surface area (Å²) in [5, 5.41) is 0. The number of ether oxygens (including phenoxy) is 2. The number of benzene rings is 2. The maximum atomic E-state index is 12.8. The van der Waals surface area contributed by atoms with E-state index < -0.39 is 0 Å². The van der Waals surface area contributed by atoms with Crippen LogP contribution in [0.25, 0.3) is 11.4 Å². The Morgan fingerprint density at radius 3 is 2.28 bits per heavy atom. The largest absolute Gasteiger partial charge is 0.497 e. The molecule has 188 valence electrons. The Balaban J connectivity index is 1.48. The van der Waals surface area contributed by atoms with Crippen molar-refractivity contribution in [3.63, 3.8) is 0 Å². The predicted octanol–water partition coefficient (Wildman–Crippen LogP) is 4.34. The minimum absolute atomic E-state index is 0.235. The molecule has 1 aliphatic heterocycles. The molecule has 1 saturated heterocycles. The van der Waals surface area contributed by atoms with E-state index in [-0.39, 0.29) is 5.92 Å². The fraction of sp³-hybridized carbons (Fsp3) is 0.414. The van der Waals surface area contributed by atoms with E-state index >= 15 is 0 Å². The molecule has 2 fully saturated rings. The number of anilines is 1. The van der Waals surface area contributed by atoms with E-state index in [1.807, 2.05) is 47.4 Å². The second-order valence-electron chi connectivity index (χ2n) is 9.56.